The zero-order valence-corrected chi connectivity index (χ0v) is 9.41. The number of hydrogen-bond acceptors (Lipinski definition) is 3. The molecular weight excluding hydrogens is 186 g/mol. The molecule has 0 amide bonds. The van der Waals surface area contributed by atoms with Crippen molar-refractivity contribution in [2.24, 2.45) is 5.92 Å². The molecule has 2 aliphatic rings. The molecule has 84 valence electrons. The van der Waals surface area contributed by atoms with E-state index in [1.54, 1.807) is 0 Å². The third kappa shape index (κ3) is 2.70. The van der Waals surface area contributed by atoms with Gasteiger partial charge in [-0.05, 0) is 31.7 Å². The van der Waals surface area contributed by atoms with Crippen LogP contribution in [0.4, 0.5) is 0 Å². The van der Waals surface area contributed by atoms with Gasteiger partial charge < -0.3 is 5.32 Å². The molecule has 0 spiro atoms. The second kappa shape index (κ2) is 5.48. The van der Waals surface area contributed by atoms with Gasteiger partial charge in [0.25, 0.3) is 0 Å². The number of rotatable bonds is 2. The topological polar surface area (TPSA) is 39.1 Å². The molecule has 0 aromatic rings. The molecule has 2 rings (SSSR count). The molecule has 1 aliphatic heterocycles. The first-order valence-electron chi connectivity index (χ1n) is 6.26. The number of nitrogens with zero attached hydrogens (tertiary/aromatic N) is 2. The van der Waals surface area contributed by atoms with Crippen molar-refractivity contribution < 1.29 is 0 Å². The molecular formula is C12H21N3. The van der Waals surface area contributed by atoms with Gasteiger partial charge in [-0.15, -0.1) is 0 Å². The Kier molecular flexibility index (Phi) is 3.99. The fourth-order valence-electron chi connectivity index (χ4n) is 2.90. The van der Waals surface area contributed by atoms with Crippen molar-refractivity contribution in [3.8, 4) is 6.07 Å². The molecule has 1 aliphatic carbocycles. The molecule has 3 heteroatoms. The van der Waals surface area contributed by atoms with Gasteiger partial charge >= 0.3 is 0 Å². The summed E-state index contributed by atoms with van der Waals surface area (Å²) in [6.07, 6.45) is 6.37. The van der Waals surface area contributed by atoms with Crippen molar-refractivity contribution in [3.05, 3.63) is 0 Å². The predicted octanol–water partition coefficient (Wildman–Crippen LogP) is 1.36. The van der Waals surface area contributed by atoms with Gasteiger partial charge in [-0.25, -0.2) is 0 Å². The Hall–Kier alpha value is -0.590. The molecule has 1 unspecified atom stereocenters. The lowest BCUT2D eigenvalue weighted by molar-refractivity contribution is 0.193. The van der Waals surface area contributed by atoms with Crippen LogP contribution >= 0.6 is 0 Å². The van der Waals surface area contributed by atoms with Gasteiger partial charge in [0, 0.05) is 19.6 Å². The first-order valence-corrected chi connectivity index (χ1v) is 6.26. The van der Waals surface area contributed by atoms with Crippen LogP contribution in [0.1, 0.15) is 32.1 Å². The third-order valence-electron chi connectivity index (χ3n) is 3.75. The fraction of sp³-hybridized carbons (Fsp3) is 0.917. The van der Waals surface area contributed by atoms with E-state index < -0.39 is 0 Å². The molecule has 1 saturated carbocycles. The summed E-state index contributed by atoms with van der Waals surface area (Å²) in [6, 6.07) is 2.73. The molecule has 0 radical (unpaired) electrons. The van der Waals surface area contributed by atoms with Crippen LogP contribution in [0.2, 0.25) is 0 Å². The van der Waals surface area contributed by atoms with E-state index in [9.17, 15) is 5.26 Å². The first-order chi connectivity index (χ1) is 7.42. The van der Waals surface area contributed by atoms with Gasteiger partial charge in [-0.3, -0.25) is 4.90 Å². The molecule has 0 aromatic carbocycles. The number of nitrogens with one attached hydrogen (secondary N) is 1. The van der Waals surface area contributed by atoms with Crippen LogP contribution in [0, 0.1) is 17.2 Å². The summed E-state index contributed by atoms with van der Waals surface area (Å²) in [5.41, 5.74) is 0. The van der Waals surface area contributed by atoms with E-state index in [-0.39, 0.29) is 6.04 Å². The third-order valence-corrected chi connectivity index (χ3v) is 3.75. The standard InChI is InChI=1S/C12H21N3/c13-10-12(11-4-1-2-5-11)15-8-3-6-14-7-9-15/h11-12,14H,1-9H2. The minimum atomic E-state index is 0.187. The van der Waals surface area contributed by atoms with Crippen LogP contribution in [-0.2, 0) is 0 Å². The number of hydrogen-bond donors (Lipinski definition) is 1. The summed E-state index contributed by atoms with van der Waals surface area (Å²) in [6.45, 7) is 4.31. The van der Waals surface area contributed by atoms with Crippen LogP contribution in [-0.4, -0.2) is 37.1 Å². The van der Waals surface area contributed by atoms with Gasteiger partial charge in [-0.1, -0.05) is 12.8 Å². The predicted molar refractivity (Wildman–Crippen MR) is 60.4 cm³/mol. The fourth-order valence-corrected chi connectivity index (χ4v) is 2.90. The second-order valence-electron chi connectivity index (χ2n) is 4.76. The van der Waals surface area contributed by atoms with Crippen LogP contribution in [0.25, 0.3) is 0 Å². The molecule has 15 heavy (non-hydrogen) atoms. The van der Waals surface area contributed by atoms with Gasteiger partial charge in [0.1, 0.15) is 6.04 Å². The Balaban J connectivity index is 1.94. The zero-order chi connectivity index (χ0) is 10.5. The minimum Gasteiger partial charge on any atom is -0.315 e. The highest BCUT2D eigenvalue weighted by Gasteiger charge is 2.29. The average molecular weight is 207 g/mol. The largest absolute Gasteiger partial charge is 0.315 e. The second-order valence-corrected chi connectivity index (χ2v) is 4.76. The Labute approximate surface area is 92.4 Å². The summed E-state index contributed by atoms with van der Waals surface area (Å²) in [5.74, 6) is 0.646. The summed E-state index contributed by atoms with van der Waals surface area (Å²) < 4.78 is 0. The van der Waals surface area contributed by atoms with E-state index in [2.05, 4.69) is 16.3 Å². The molecule has 0 aromatic heterocycles. The van der Waals surface area contributed by atoms with Gasteiger partial charge in [0.15, 0.2) is 0 Å². The highest BCUT2D eigenvalue weighted by Crippen LogP contribution is 2.30. The normalized spacial score (nSPS) is 27.1. The molecule has 1 atom stereocenters. The molecule has 1 saturated heterocycles. The summed E-state index contributed by atoms with van der Waals surface area (Å²) >= 11 is 0. The van der Waals surface area contributed by atoms with Gasteiger partial charge in [0.05, 0.1) is 6.07 Å². The molecule has 0 bridgehead atoms. The first kappa shape index (κ1) is 10.9. The maximum Gasteiger partial charge on any atom is 0.101 e. The maximum atomic E-state index is 9.32. The smallest absolute Gasteiger partial charge is 0.101 e. The minimum absolute atomic E-state index is 0.187. The van der Waals surface area contributed by atoms with E-state index in [4.69, 9.17) is 0 Å². The Bertz CT molecular complexity index is 220. The summed E-state index contributed by atoms with van der Waals surface area (Å²) in [4.78, 5) is 2.40. The zero-order valence-electron chi connectivity index (χ0n) is 9.41. The van der Waals surface area contributed by atoms with Crippen molar-refractivity contribution >= 4 is 0 Å². The van der Waals surface area contributed by atoms with Gasteiger partial charge in [-0.2, -0.15) is 5.26 Å². The van der Waals surface area contributed by atoms with E-state index in [0.29, 0.717) is 5.92 Å². The van der Waals surface area contributed by atoms with E-state index >= 15 is 0 Å². The van der Waals surface area contributed by atoms with Crippen molar-refractivity contribution in [2.45, 2.75) is 38.1 Å². The van der Waals surface area contributed by atoms with E-state index in [0.717, 1.165) is 26.2 Å². The lowest BCUT2D eigenvalue weighted by Gasteiger charge is -2.29. The summed E-state index contributed by atoms with van der Waals surface area (Å²) in [7, 11) is 0. The van der Waals surface area contributed by atoms with Gasteiger partial charge in [0.2, 0.25) is 0 Å². The van der Waals surface area contributed by atoms with Crippen molar-refractivity contribution in [1.82, 2.24) is 10.2 Å². The van der Waals surface area contributed by atoms with Crippen LogP contribution in [0.5, 0.6) is 0 Å². The van der Waals surface area contributed by atoms with E-state index in [1.165, 1.54) is 32.1 Å². The highest BCUT2D eigenvalue weighted by atomic mass is 15.2. The van der Waals surface area contributed by atoms with Crippen molar-refractivity contribution in [1.29, 1.82) is 5.26 Å². The quantitative estimate of drug-likeness (QED) is 0.743. The Morgan fingerprint density at radius 1 is 1.13 bits per heavy atom. The van der Waals surface area contributed by atoms with Crippen molar-refractivity contribution in [3.63, 3.8) is 0 Å². The average Bonchev–Trinajstić information content (AvgIpc) is 2.63. The highest BCUT2D eigenvalue weighted by molar-refractivity contribution is 4.98. The Morgan fingerprint density at radius 3 is 2.67 bits per heavy atom. The van der Waals surface area contributed by atoms with Crippen molar-refractivity contribution in [2.75, 3.05) is 26.2 Å². The molecule has 3 nitrogen and oxygen atoms in total. The number of nitriles is 1. The van der Waals surface area contributed by atoms with Crippen LogP contribution in [0.15, 0.2) is 0 Å². The maximum absolute atomic E-state index is 9.32. The molecule has 1 N–H and O–H groups in total. The van der Waals surface area contributed by atoms with Crippen LogP contribution in [0.3, 0.4) is 0 Å². The van der Waals surface area contributed by atoms with Crippen LogP contribution < -0.4 is 5.32 Å². The lowest BCUT2D eigenvalue weighted by atomic mass is 9.97. The SMILES string of the molecule is N#CC(C1CCCC1)N1CCCNCC1. The molecule has 2 fully saturated rings. The monoisotopic (exact) mass is 207 g/mol. The summed E-state index contributed by atoms with van der Waals surface area (Å²) in [5, 5.41) is 12.7. The Morgan fingerprint density at radius 2 is 1.93 bits per heavy atom. The molecule has 1 heterocycles. The van der Waals surface area contributed by atoms with E-state index in [1.807, 2.05) is 0 Å². The lowest BCUT2D eigenvalue weighted by Crippen LogP contribution is -2.41.